The first kappa shape index (κ1) is 21.0. The molecular weight excluding hydrogens is 433 g/mol. The van der Waals surface area contributed by atoms with E-state index in [0.29, 0.717) is 40.3 Å². The van der Waals surface area contributed by atoms with Crippen LogP contribution >= 0.6 is 23.2 Å². The molecule has 0 fully saturated rings. The van der Waals surface area contributed by atoms with Crippen molar-refractivity contribution in [1.29, 1.82) is 0 Å². The number of rotatable bonds is 7. The first-order valence-electron chi connectivity index (χ1n) is 9.62. The van der Waals surface area contributed by atoms with Gasteiger partial charge < -0.3 is 10.1 Å². The summed E-state index contributed by atoms with van der Waals surface area (Å²) in [5.74, 6) is 0.692. The largest absolute Gasteiger partial charge is 0.489 e. The van der Waals surface area contributed by atoms with Crippen molar-refractivity contribution in [2.75, 3.05) is 5.32 Å². The number of amides is 1. The fraction of sp³-hybridized carbons (Fsp3) is 0.0833. The summed E-state index contributed by atoms with van der Waals surface area (Å²) in [6.45, 7) is 0.876. The molecule has 1 amide bonds. The first-order chi connectivity index (χ1) is 15.1. The molecule has 3 aromatic carbocycles. The van der Waals surface area contributed by atoms with E-state index < -0.39 is 0 Å². The van der Waals surface area contributed by atoms with Gasteiger partial charge in [0.15, 0.2) is 5.82 Å². The van der Waals surface area contributed by atoms with Gasteiger partial charge in [-0.3, -0.25) is 9.48 Å². The van der Waals surface area contributed by atoms with E-state index in [1.165, 1.54) is 0 Å². The number of hydrogen-bond donors (Lipinski definition) is 1. The van der Waals surface area contributed by atoms with Crippen molar-refractivity contribution in [3.05, 3.63) is 112 Å². The van der Waals surface area contributed by atoms with Crippen molar-refractivity contribution in [3.63, 3.8) is 0 Å². The van der Waals surface area contributed by atoms with Crippen molar-refractivity contribution in [1.82, 2.24) is 9.78 Å². The minimum atomic E-state index is -0.295. The second kappa shape index (κ2) is 9.69. The summed E-state index contributed by atoms with van der Waals surface area (Å²) in [6.07, 6.45) is 1.69. The van der Waals surface area contributed by atoms with Crippen LogP contribution in [0.1, 0.15) is 21.5 Å². The molecule has 0 unspecified atom stereocenters. The Kier molecular flexibility index (Phi) is 6.55. The van der Waals surface area contributed by atoms with E-state index >= 15 is 0 Å². The van der Waals surface area contributed by atoms with Crippen LogP contribution in [0.2, 0.25) is 10.0 Å². The van der Waals surface area contributed by atoms with Crippen LogP contribution in [0.15, 0.2) is 85.1 Å². The fourth-order valence-corrected chi connectivity index (χ4v) is 3.42. The van der Waals surface area contributed by atoms with Gasteiger partial charge in [-0.1, -0.05) is 71.7 Å². The van der Waals surface area contributed by atoms with Gasteiger partial charge >= 0.3 is 0 Å². The highest BCUT2D eigenvalue weighted by molar-refractivity contribution is 6.33. The molecule has 0 radical (unpaired) electrons. The van der Waals surface area contributed by atoms with E-state index in [-0.39, 0.29) is 5.91 Å². The quantitative estimate of drug-likeness (QED) is 0.370. The molecule has 5 nitrogen and oxygen atoms in total. The van der Waals surface area contributed by atoms with Gasteiger partial charge in [-0.2, -0.15) is 5.10 Å². The van der Waals surface area contributed by atoms with Crippen LogP contribution in [0.4, 0.5) is 5.82 Å². The number of anilines is 1. The predicted octanol–water partition coefficient (Wildman–Crippen LogP) is 6.07. The number of benzene rings is 3. The number of carbonyl (C=O) groups is 1. The average Bonchev–Trinajstić information content (AvgIpc) is 3.11. The Morgan fingerprint density at radius 1 is 0.935 bits per heavy atom. The van der Waals surface area contributed by atoms with E-state index in [1.54, 1.807) is 41.2 Å². The van der Waals surface area contributed by atoms with Crippen molar-refractivity contribution < 1.29 is 9.53 Å². The zero-order chi connectivity index (χ0) is 21.6. The van der Waals surface area contributed by atoms with Crippen molar-refractivity contribution >= 4 is 34.9 Å². The second-order valence-electron chi connectivity index (χ2n) is 6.91. The fourth-order valence-electron chi connectivity index (χ4n) is 3.04. The van der Waals surface area contributed by atoms with E-state index in [4.69, 9.17) is 27.9 Å². The molecule has 0 saturated carbocycles. The zero-order valence-corrected chi connectivity index (χ0v) is 18.0. The Bertz CT molecular complexity index is 1190. The number of halogens is 2. The Balaban J connectivity index is 1.41. The van der Waals surface area contributed by atoms with Crippen LogP contribution in [0.25, 0.3) is 0 Å². The Morgan fingerprint density at radius 3 is 2.52 bits per heavy atom. The van der Waals surface area contributed by atoms with E-state index in [9.17, 15) is 4.79 Å². The normalized spacial score (nSPS) is 10.6. The molecule has 1 N–H and O–H groups in total. The predicted molar refractivity (Wildman–Crippen MR) is 123 cm³/mol. The number of nitrogens with zero attached hydrogens (tertiary/aromatic N) is 2. The van der Waals surface area contributed by atoms with Crippen LogP contribution < -0.4 is 10.1 Å². The molecule has 156 valence electrons. The van der Waals surface area contributed by atoms with Gasteiger partial charge in [0.1, 0.15) is 17.4 Å². The molecule has 0 aliphatic rings. The first-order valence-corrected chi connectivity index (χ1v) is 10.4. The lowest BCUT2D eigenvalue weighted by atomic mass is 10.1. The maximum absolute atomic E-state index is 12.7. The van der Waals surface area contributed by atoms with Gasteiger partial charge in [0, 0.05) is 16.8 Å². The van der Waals surface area contributed by atoms with Gasteiger partial charge in [-0.15, -0.1) is 0 Å². The molecule has 0 spiro atoms. The smallest absolute Gasteiger partial charge is 0.256 e. The van der Waals surface area contributed by atoms with Crippen LogP contribution in [-0.2, 0) is 13.2 Å². The lowest BCUT2D eigenvalue weighted by molar-refractivity contribution is 0.102. The number of hydrogen-bond acceptors (Lipinski definition) is 3. The monoisotopic (exact) mass is 451 g/mol. The molecule has 4 rings (SSSR count). The molecule has 1 heterocycles. The van der Waals surface area contributed by atoms with Gasteiger partial charge in [-0.25, -0.2) is 0 Å². The highest BCUT2D eigenvalue weighted by atomic mass is 35.5. The minimum absolute atomic E-state index is 0.295. The number of nitrogens with one attached hydrogen (secondary N) is 1. The van der Waals surface area contributed by atoms with Crippen molar-refractivity contribution in [3.8, 4) is 5.75 Å². The maximum Gasteiger partial charge on any atom is 0.256 e. The maximum atomic E-state index is 12.7. The van der Waals surface area contributed by atoms with Crippen LogP contribution in [-0.4, -0.2) is 15.7 Å². The van der Waals surface area contributed by atoms with Crippen LogP contribution in [0.5, 0.6) is 5.75 Å². The molecular formula is C24H19Cl2N3O2. The summed E-state index contributed by atoms with van der Waals surface area (Å²) in [4.78, 5) is 12.7. The molecule has 1 aromatic heterocycles. The average molecular weight is 452 g/mol. The van der Waals surface area contributed by atoms with Crippen molar-refractivity contribution in [2.45, 2.75) is 13.2 Å². The summed E-state index contributed by atoms with van der Waals surface area (Å²) in [6, 6.07) is 24.3. The molecule has 4 aromatic rings. The topological polar surface area (TPSA) is 56.2 Å². The van der Waals surface area contributed by atoms with Crippen LogP contribution in [0, 0.1) is 0 Å². The lowest BCUT2D eigenvalue weighted by Gasteiger charge is -2.08. The number of carbonyl (C=O) groups excluding carboxylic acids is 1. The third-order valence-electron chi connectivity index (χ3n) is 4.53. The summed E-state index contributed by atoms with van der Waals surface area (Å²) in [5.41, 5.74) is 2.43. The number of ether oxygens (including phenoxy) is 1. The van der Waals surface area contributed by atoms with Gasteiger partial charge in [0.25, 0.3) is 5.91 Å². The van der Waals surface area contributed by atoms with E-state index in [0.717, 1.165) is 11.1 Å². The molecule has 0 bridgehead atoms. The standard InChI is InChI=1S/C24H19Cl2N3O2/c25-20-10-5-11-21(13-20)31-16-18-8-4-9-19(12-18)24(30)27-23-22(26)15-29(28-23)14-17-6-2-1-3-7-17/h1-13,15H,14,16H2,(H,27,28,30). The third kappa shape index (κ3) is 5.66. The summed E-state index contributed by atoms with van der Waals surface area (Å²) in [7, 11) is 0. The Hall–Kier alpha value is -3.28. The lowest BCUT2D eigenvalue weighted by Crippen LogP contribution is -2.13. The molecule has 0 aliphatic heterocycles. The highest BCUT2D eigenvalue weighted by Crippen LogP contribution is 2.22. The van der Waals surface area contributed by atoms with Gasteiger partial charge in [0.2, 0.25) is 0 Å². The molecule has 7 heteroatoms. The molecule has 0 saturated heterocycles. The van der Waals surface area contributed by atoms with E-state index in [2.05, 4.69) is 10.4 Å². The van der Waals surface area contributed by atoms with Crippen molar-refractivity contribution in [2.24, 2.45) is 0 Å². The molecule has 0 atom stereocenters. The Morgan fingerprint density at radius 2 is 1.71 bits per heavy atom. The zero-order valence-electron chi connectivity index (χ0n) is 16.5. The summed E-state index contributed by atoms with van der Waals surface area (Å²) >= 11 is 12.3. The second-order valence-corrected chi connectivity index (χ2v) is 7.75. The van der Waals surface area contributed by atoms with Gasteiger partial charge in [-0.05, 0) is 41.5 Å². The van der Waals surface area contributed by atoms with Gasteiger partial charge in [0.05, 0.1) is 6.54 Å². The minimum Gasteiger partial charge on any atom is -0.489 e. The van der Waals surface area contributed by atoms with E-state index in [1.807, 2.05) is 48.5 Å². The third-order valence-corrected chi connectivity index (χ3v) is 5.04. The molecule has 31 heavy (non-hydrogen) atoms. The highest BCUT2D eigenvalue weighted by Gasteiger charge is 2.13. The SMILES string of the molecule is O=C(Nc1nn(Cc2ccccc2)cc1Cl)c1cccc(COc2cccc(Cl)c2)c1. The summed E-state index contributed by atoms with van der Waals surface area (Å²) in [5, 5.41) is 8.16. The summed E-state index contributed by atoms with van der Waals surface area (Å²) < 4.78 is 7.45. The van der Waals surface area contributed by atoms with Crippen LogP contribution in [0.3, 0.4) is 0 Å². The number of aromatic nitrogens is 2. The Labute approximate surface area is 190 Å². The molecule has 0 aliphatic carbocycles.